The van der Waals surface area contributed by atoms with Gasteiger partial charge in [-0.2, -0.15) is 0 Å². The van der Waals surface area contributed by atoms with Crippen molar-refractivity contribution in [2.45, 2.75) is 30.0 Å². The van der Waals surface area contributed by atoms with E-state index in [2.05, 4.69) is 0 Å². The third-order valence-electron chi connectivity index (χ3n) is 3.15. The molecule has 5 nitrogen and oxygen atoms in total. The first kappa shape index (κ1) is 14.8. The quantitative estimate of drug-likeness (QED) is 0.426. The van der Waals surface area contributed by atoms with Crippen LogP contribution in [0.1, 0.15) is 34.1 Å². The Kier molecular flexibility index (Phi) is 4.57. The van der Waals surface area contributed by atoms with Gasteiger partial charge in [-0.3, -0.25) is 0 Å². The summed E-state index contributed by atoms with van der Waals surface area (Å²) in [6.07, 6.45) is 0.266. The summed E-state index contributed by atoms with van der Waals surface area (Å²) in [6.45, 7) is 2.02. The molecule has 0 radical (unpaired) electrons. The number of hydrogen-bond donors (Lipinski definition) is 0. The average molecular weight is 339 g/mol. The fourth-order valence-electron chi connectivity index (χ4n) is 2.18. The Labute approximate surface area is 123 Å². The van der Waals surface area contributed by atoms with Crippen LogP contribution in [0.25, 0.3) is 0 Å². The van der Waals surface area contributed by atoms with E-state index in [0.717, 1.165) is 10.2 Å². The number of carbonyl (C=O) groups is 3. The van der Waals surface area contributed by atoms with Crippen LogP contribution in [0.4, 0.5) is 0 Å². The van der Waals surface area contributed by atoms with Crippen molar-refractivity contribution in [3.05, 3.63) is 35.4 Å². The van der Waals surface area contributed by atoms with Gasteiger partial charge >= 0.3 is 123 Å². The second-order valence-electron chi connectivity index (χ2n) is 4.35. The Balaban J connectivity index is 2.25. The second-order valence-corrected chi connectivity index (χ2v) is 7.27. The molecule has 6 heteroatoms. The summed E-state index contributed by atoms with van der Waals surface area (Å²) in [5, 5.41) is 13.0. The number of carboxylic acids is 1. The summed E-state index contributed by atoms with van der Waals surface area (Å²) in [5.74, 6) is -2.45. The molecule has 0 aliphatic carbocycles. The average Bonchev–Trinajstić information content (AvgIpc) is 2.68. The van der Waals surface area contributed by atoms with Crippen LogP contribution in [-0.4, -0.2) is 43.7 Å². The number of benzene rings is 1. The van der Waals surface area contributed by atoms with E-state index in [1.807, 2.05) is 6.92 Å². The zero-order valence-electron chi connectivity index (χ0n) is 11.0. The molecule has 0 saturated carbocycles. The van der Waals surface area contributed by atoms with Crippen LogP contribution < -0.4 is 5.11 Å². The van der Waals surface area contributed by atoms with Gasteiger partial charge in [0.2, 0.25) is 0 Å². The van der Waals surface area contributed by atoms with Crippen molar-refractivity contribution in [3.8, 4) is 0 Å². The number of fused-ring (bicyclic) bond motifs is 1. The van der Waals surface area contributed by atoms with Gasteiger partial charge in [-0.1, -0.05) is 0 Å². The summed E-state index contributed by atoms with van der Waals surface area (Å²) in [7, 11) is 0. The molecule has 1 heterocycles. The van der Waals surface area contributed by atoms with Gasteiger partial charge in [0.1, 0.15) is 0 Å². The molecule has 1 unspecified atom stereocenters. The van der Waals surface area contributed by atoms with E-state index >= 15 is 0 Å². The SMILES string of the molecule is CC[Se]CCC(C(=O)[O-])N1C(=O)c2ccccc2C1=O. The van der Waals surface area contributed by atoms with Gasteiger partial charge in [0.25, 0.3) is 0 Å². The molecule has 1 aromatic carbocycles. The van der Waals surface area contributed by atoms with Crippen molar-refractivity contribution >= 4 is 32.7 Å². The summed E-state index contributed by atoms with van der Waals surface area (Å²) < 4.78 is 0. The number of amides is 2. The fourth-order valence-corrected chi connectivity index (χ4v) is 3.61. The second kappa shape index (κ2) is 6.20. The molecule has 0 N–H and O–H groups in total. The molecule has 0 fully saturated rings. The Hall–Kier alpha value is -1.65. The van der Waals surface area contributed by atoms with Gasteiger partial charge in [-0.05, 0) is 0 Å². The molecule has 1 aliphatic rings. The summed E-state index contributed by atoms with van der Waals surface area (Å²) in [5.41, 5.74) is 0.537. The van der Waals surface area contributed by atoms with E-state index in [4.69, 9.17) is 0 Å². The molecule has 106 valence electrons. The first-order valence-electron chi connectivity index (χ1n) is 6.33. The number of imide groups is 1. The van der Waals surface area contributed by atoms with Gasteiger partial charge in [0.05, 0.1) is 0 Å². The van der Waals surface area contributed by atoms with Gasteiger partial charge in [0, 0.05) is 0 Å². The zero-order valence-corrected chi connectivity index (χ0v) is 12.7. The Morgan fingerprint density at radius 2 is 1.80 bits per heavy atom. The number of rotatable bonds is 6. The molecule has 20 heavy (non-hydrogen) atoms. The van der Waals surface area contributed by atoms with Crippen LogP contribution in [0.5, 0.6) is 0 Å². The molecule has 1 aromatic rings. The van der Waals surface area contributed by atoms with Gasteiger partial charge in [0.15, 0.2) is 0 Å². The first-order valence-corrected chi connectivity index (χ1v) is 8.75. The van der Waals surface area contributed by atoms with Crippen molar-refractivity contribution < 1.29 is 19.5 Å². The molecular formula is C14H14NO4Se-. The Morgan fingerprint density at radius 1 is 1.25 bits per heavy atom. The predicted octanol–water partition coefficient (Wildman–Crippen LogP) is 0.352. The Bertz CT molecular complexity index is 523. The number of carboxylic acid groups (broad SMARTS) is 1. The molecular weight excluding hydrogens is 325 g/mol. The van der Waals surface area contributed by atoms with E-state index in [9.17, 15) is 19.5 Å². The van der Waals surface area contributed by atoms with Crippen molar-refractivity contribution in [2.24, 2.45) is 0 Å². The van der Waals surface area contributed by atoms with Crippen molar-refractivity contribution in [3.63, 3.8) is 0 Å². The maximum absolute atomic E-state index is 12.2. The first-order chi connectivity index (χ1) is 9.57. The minimum atomic E-state index is -1.37. The monoisotopic (exact) mass is 340 g/mol. The number of carbonyl (C=O) groups excluding carboxylic acids is 3. The third kappa shape index (κ3) is 2.62. The summed E-state index contributed by atoms with van der Waals surface area (Å²) >= 11 is 0.326. The summed E-state index contributed by atoms with van der Waals surface area (Å²) in [4.78, 5) is 36.5. The van der Waals surface area contributed by atoms with Crippen molar-refractivity contribution in [2.75, 3.05) is 0 Å². The van der Waals surface area contributed by atoms with Gasteiger partial charge < -0.3 is 0 Å². The van der Waals surface area contributed by atoms with Crippen LogP contribution in [0, 0.1) is 0 Å². The van der Waals surface area contributed by atoms with Crippen LogP contribution >= 0.6 is 0 Å². The number of nitrogens with zero attached hydrogens (tertiary/aromatic N) is 1. The van der Waals surface area contributed by atoms with Crippen LogP contribution in [0.2, 0.25) is 10.6 Å². The molecule has 1 atom stereocenters. The fraction of sp³-hybridized carbons (Fsp3) is 0.357. The van der Waals surface area contributed by atoms with Crippen LogP contribution in [0.3, 0.4) is 0 Å². The van der Waals surface area contributed by atoms with E-state index in [-0.39, 0.29) is 17.5 Å². The normalized spacial score (nSPS) is 15.3. The maximum atomic E-state index is 12.2. The van der Waals surface area contributed by atoms with Crippen molar-refractivity contribution in [1.82, 2.24) is 4.90 Å². The van der Waals surface area contributed by atoms with E-state index in [1.54, 1.807) is 12.1 Å². The molecule has 0 spiro atoms. The van der Waals surface area contributed by atoms with Crippen LogP contribution in [0.15, 0.2) is 24.3 Å². The standard InChI is InChI=1S/C14H15NO4Se/c1-2-20-8-7-11(14(18)19)15-12(16)9-5-3-4-6-10(9)13(15)17/h3-6,11H,2,7-8H2,1H3,(H,18,19)/p-1. The number of aliphatic carboxylic acids is 1. The summed E-state index contributed by atoms with van der Waals surface area (Å²) in [6, 6.07) is 5.22. The van der Waals surface area contributed by atoms with E-state index in [0.29, 0.717) is 20.3 Å². The van der Waals surface area contributed by atoms with E-state index < -0.39 is 23.8 Å². The molecule has 0 bridgehead atoms. The molecule has 0 saturated heterocycles. The van der Waals surface area contributed by atoms with E-state index in [1.165, 1.54) is 12.1 Å². The van der Waals surface area contributed by atoms with Gasteiger partial charge in [-0.15, -0.1) is 0 Å². The van der Waals surface area contributed by atoms with Gasteiger partial charge in [-0.25, -0.2) is 0 Å². The van der Waals surface area contributed by atoms with Crippen LogP contribution in [-0.2, 0) is 4.79 Å². The predicted molar refractivity (Wildman–Crippen MR) is 71.4 cm³/mol. The molecule has 1 aliphatic heterocycles. The van der Waals surface area contributed by atoms with Crippen molar-refractivity contribution in [1.29, 1.82) is 0 Å². The minimum absolute atomic E-state index is 0.266. The third-order valence-corrected chi connectivity index (χ3v) is 5.11. The number of hydrogen-bond acceptors (Lipinski definition) is 4. The topological polar surface area (TPSA) is 77.5 Å². The zero-order chi connectivity index (χ0) is 14.7. The molecule has 0 aromatic heterocycles. The molecule has 2 amide bonds. The molecule has 2 rings (SSSR count). The Morgan fingerprint density at radius 3 is 2.25 bits per heavy atom.